The van der Waals surface area contributed by atoms with E-state index in [9.17, 15) is 22.4 Å². The molecular formula is C27H31BrF4N2O3. The van der Waals surface area contributed by atoms with Gasteiger partial charge in [0.05, 0.1) is 18.2 Å². The lowest BCUT2D eigenvalue weighted by molar-refractivity contribution is -0.212. The highest BCUT2D eigenvalue weighted by atomic mass is 79.9. The number of piperidine rings is 2. The molecule has 37 heavy (non-hydrogen) atoms. The van der Waals surface area contributed by atoms with Crippen LogP contribution in [0, 0.1) is 11.2 Å². The predicted octanol–water partition coefficient (Wildman–Crippen LogP) is 5.43. The topological polar surface area (TPSA) is 50.8 Å². The number of para-hydroxylation sites is 1. The summed E-state index contributed by atoms with van der Waals surface area (Å²) in [5, 5.41) is 3.45. The van der Waals surface area contributed by atoms with Crippen molar-refractivity contribution < 1.29 is 31.8 Å². The molecule has 1 unspecified atom stereocenters. The molecule has 5 nitrogen and oxygen atoms in total. The van der Waals surface area contributed by atoms with Gasteiger partial charge in [0.1, 0.15) is 11.6 Å². The van der Waals surface area contributed by atoms with Crippen LogP contribution in [0.4, 0.5) is 17.6 Å². The minimum absolute atomic E-state index is 0.106. The van der Waals surface area contributed by atoms with Crippen LogP contribution in [-0.2, 0) is 14.9 Å². The molecule has 0 bridgehead atoms. The second-order valence-electron chi connectivity index (χ2n) is 9.87. The normalized spacial score (nSPS) is 21.5. The largest absolute Gasteiger partial charge is 0.496 e. The van der Waals surface area contributed by atoms with E-state index in [1.54, 1.807) is 7.11 Å². The van der Waals surface area contributed by atoms with Gasteiger partial charge >= 0.3 is 6.18 Å². The minimum atomic E-state index is -4.96. The van der Waals surface area contributed by atoms with Crippen LogP contribution in [0.5, 0.6) is 5.75 Å². The van der Waals surface area contributed by atoms with Crippen LogP contribution in [0.15, 0.2) is 46.9 Å². The molecule has 2 aromatic carbocycles. The number of hydrogen-bond donors (Lipinski definition) is 1. The van der Waals surface area contributed by atoms with Crippen molar-refractivity contribution in [2.45, 2.75) is 36.8 Å². The van der Waals surface area contributed by atoms with Gasteiger partial charge in [-0.05, 0) is 76.5 Å². The Labute approximate surface area is 222 Å². The average molecular weight is 587 g/mol. The monoisotopic (exact) mass is 586 g/mol. The lowest BCUT2D eigenvalue weighted by atomic mass is 9.62. The first-order chi connectivity index (χ1) is 17.6. The van der Waals surface area contributed by atoms with E-state index in [-0.39, 0.29) is 34.5 Å². The van der Waals surface area contributed by atoms with Gasteiger partial charge in [0.2, 0.25) is 5.91 Å². The van der Waals surface area contributed by atoms with E-state index in [0.717, 1.165) is 56.1 Å². The Morgan fingerprint density at radius 1 is 1.14 bits per heavy atom. The molecule has 4 rings (SSSR count). The Hall–Kier alpha value is -2.17. The molecule has 10 heteroatoms. The quantitative estimate of drug-likeness (QED) is 0.459. The second-order valence-corrected chi connectivity index (χ2v) is 10.7. The van der Waals surface area contributed by atoms with Gasteiger partial charge in [0.25, 0.3) is 0 Å². The Morgan fingerprint density at radius 2 is 1.84 bits per heavy atom. The molecule has 2 fully saturated rings. The number of amides is 1. The van der Waals surface area contributed by atoms with E-state index in [1.165, 1.54) is 4.90 Å². The number of methoxy groups -OCH3 is 2. The third-order valence-corrected chi connectivity index (χ3v) is 8.68. The fourth-order valence-corrected chi connectivity index (χ4v) is 6.38. The molecular weight excluding hydrogens is 556 g/mol. The van der Waals surface area contributed by atoms with Gasteiger partial charge in [-0.1, -0.05) is 24.3 Å². The molecule has 0 saturated carbocycles. The van der Waals surface area contributed by atoms with E-state index in [4.69, 9.17) is 9.47 Å². The molecule has 0 radical (unpaired) electrons. The van der Waals surface area contributed by atoms with Crippen molar-refractivity contribution in [1.82, 2.24) is 10.2 Å². The van der Waals surface area contributed by atoms with Gasteiger partial charge in [0, 0.05) is 32.7 Å². The van der Waals surface area contributed by atoms with Crippen molar-refractivity contribution in [3.8, 4) is 5.75 Å². The maximum absolute atomic E-state index is 14.7. The van der Waals surface area contributed by atoms with E-state index in [1.807, 2.05) is 24.3 Å². The summed E-state index contributed by atoms with van der Waals surface area (Å²) in [6.45, 7) is 1.01. The maximum atomic E-state index is 14.7. The lowest BCUT2D eigenvalue weighted by Crippen LogP contribution is -2.60. The SMILES string of the molecule is COC[C@@](C(=O)N1CCC2(CCNCC2c2ccccc2OC)CC1)(c1ccc(F)c(Br)c1)C(F)(F)F. The number of carbonyl (C=O) groups is 1. The van der Waals surface area contributed by atoms with Crippen molar-refractivity contribution in [3.05, 3.63) is 63.9 Å². The molecule has 2 saturated heterocycles. The van der Waals surface area contributed by atoms with Gasteiger partial charge in [0.15, 0.2) is 5.41 Å². The summed E-state index contributed by atoms with van der Waals surface area (Å²) in [6, 6.07) is 10.8. The molecule has 2 atom stereocenters. The number of rotatable bonds is 6. The average Bonchev–Trinajstić information content (AvgIpc) is 2.88. The van der Waals surface area contributed by atoms with Gasteiger partial charge in [-0.3, -0.25) is 4.79 Å². The summed E-state index contributed by atoms with van der Waals surface area (Å²) in [6.07, 6.45) is -2.97. The standard InChI is InChI=1S/C27H31BrF4N2O3/c1-36-17-26(27(30,31)32,18-7-8-22(29)21(28)15-18)24(35)34-13-10-25(11-14-34)9-12-33-16-20(25)19-5-3-4-6-23(19)37-2/h3-8,15,20,33H,9-14,16-17H2,1-2H3/t20?,26-/m0/s1. The van der Waals surface area contributed by atoms with Crippen LogP contribution < -0.4 is 10.1 Å². The first kappa shape index (κ1) is 27.9. The Morgan fingerprint density at radius 3 is 2.46 bits per heavy atom. The zero-order valence-electron chi connectivity index (χ0n) is 20.8. The third-order valence-electron chi connectivity index (χ3n) is 8.07. The first-order valence-electron chi connectivity index (χ1n) is 12.2. The minimum Gasteiger partial charge on any atom is -0.496 e. The molecule has 2 aliphatic heterocycles. The van der Waals surface area contributed by atoms with Gasteiger partial charge in [-0.15, -0.1) is 0 Å². The van der Waals surface area contributed by atoms with E-state index in [2.05, 4.69) is 21.2 Å². The van der Waals surface area contributed by atoms with Crippen molar-refractivity contribution >= 4 is 21.8 Å². The second kappa shape index (κ2) is 10.9. The summed E-state index contributed by atoms with van der Waals surface area (Å²) >= 11 is 2.97. The smallest absolute Gasteiger partial charge is 0.409 e. The van der Waals surface area contributed by atoms with Crippen LogP contribution in [0.3, 0.4) is 0 Å². The molecule has 2 aromatic rings. The fraction of sp³-hybridized carbons (Fsp3) is 0.519. The molecule has 2 aliphatic rings. The van der Waals surface area contributed by atoms with Crippen molar-refractivity contribution in [2.24, 2.45) is 5.41 Å². The van der Waals surface area contributed by atoms with E-state index < -0.39 is 29.9 Å². The number of benzene rings is 2. The van der Waals surface area contributed by atoms with Gasteiger partial charge in [-0.2, -0.15) is 13.2 Å². The van der Waals surface area contributed by atoms with Crippen molar-refractivity contribution in [1.29, 1.82) is 0 Å². The Balaban J connectivity index is 1.65. The highest BCUT2D eigenvalue weighted by Crippen LogP contribution is 2.51. The summed E-state index contributed by atoms with van der Waals surface area (Å²) in [4.78, 5) is 15.1. The summed E-state index contributed by atoms with van der Waals surface area (Å²) in [7, 11) is 2.76. The number of ether oxygens (including phenoxy) is 2. The number of nitrogens with zero attached hydrogens (tertiary/aromatic N) is 1. The maximum Gasteiger partial charge on any atom is 0.409 e. The third kappa shape index (κ3) is 5.00. The molecule has 0 aliphatic carbocycles. The van der Waals surface area contributed by atoms with Crippen LogP contribution in [0.1, 0.15) is 36.3 Å². The Bertz CT molecular complexity index is 1120. The first-order valence-corrected chi connectivity index (χ1v) is 13.0. The summed E-state index contributed by atoms with van der Waals surface area (Å²) in [5.41, 5.74) is -2.40. The van der Waals surface area contributed by atoms with Crippen LogP contribution in [0.2, 0.25) is 0 Å². The zero-order chi connectivity index (χ0) is 26.8. The zero-order valence-corrected chi connectivity index (χ0v) is 22.4. The lowest BCUT2D eigenvalue weighted by Gasteiger charge is -2.51. The fourth-order valence-electron chi connectivity index (χ4n) is 6.01. The van der Waals surface area contributed by atoms with Crippen LogP contribution in [-0.4, -0.2) is 64.0 Å². The summed E-state index contributed by atoms with van der Waals surface area (Å²) < 4.78 is 68.6. The van der Waals surface area contributed by atoms with Crippen molar-refractivity contribution in [3.63, 3.8) is 0 Å². The van der Waals surface area contributed by atoms with E-state index in [0.29, 0.717) is 12.8 Å². The number of hydrogen-bond acceptors (Lipinski definition) is 4. The molecule has 1 spiro atoms. The van der Waals surface area contributed by atoms with Gasteiger partial charge < -0.3 is 19.7 Å². The molecule has 1 amide bonds. The highest BCUT2D eigenvalue weighted by Gasteiger charge is 2.63. The van der Waals surface area contributed by atoms with Crippen LogP contribution >= 0.6 is 15.9 Å². The number of alkyl halides is 3. The molecule has 2 heterocycles. The van der Waals surface area contributed by atoms with E-state index >= 15 is 0 Å². The van der Waals surface area contributed by atoms with Gasteiger partial charge in [-0.25, -0.2) is 4.39 Å². The molecule has 1 N–H and O–H groups in total. The highest BCUT2D eigenvalue weighted by molar-refractivity contribution is 9.10. The number of nitrogens with one attached hydrogen (secondary N) is 1. The number of likely N-dealkylation sites (tertiary alicyclic amines) is 1. The van der Waals surface area contributed by atoms with Crippen molar-refractivity contribution in [2.75, 3.05) is 47.0 Å². The number of halogens is 5. The number of carbonyl (C=O) groups excluding carboxylic acids is 1. The summed E-state index contributed by atoms with van der Waals surface area (Å²) in [5.74, 6) is -0.892. The molecule has 0 aromatic heterocycles. The Kier molecular flexibility index (Phi) is 8.21. The molecule has 202 valence electrons. The van der Waals surface area contributed by atoms with Crippen LogP contribution in [0.25, 0.3) is 0 Å². The predicted molar refractivity (Wildman–Crippen MR) is 135 cm³/mol.